The second-order valence-electron chi connectivity index (χ2n) is 8.08. The molecule has 1 atom stereocenters. The highest BCUT2D eigenvalue weighted by Crippen LogP contribution is 2.36. The van der Waals surface area contributed by atoms with E-state index in [-0.39, 0.29) is 24.1 Å². The summed E-state index contributed by atoms with van der Waals surface area (Å²) in [5, 5.41) is 0. The number of rotatable bonds is 6. The Morgan fingerprint density at radius 1 is 1.14 bits per heavy atom. The zero-order valence-corrected chi connectivity index (χ0v) is 17.6. The van der Waals surface area contributed by atoms with Gasteiger partial charge in [-0.1, -0.05) is 30.3 Å². The molecule has 1 aliphatic heterocycles. The van der Waals surface area contributed by atoms with Crippen molar-refractivity contribution in [2.45, 2.75) is 32.2 Å². The van der Waals surface area contributed by atoms with Gasteiger partial charge in [-0.3, -0.25) is 14.5 Å². The molecule has 2 aliphatic rings. The molecule has 0 saturated carbocycles. The number of hydrogen-bond acceptors (Lipinski definition) is 4. The lowest BCUT2D eigenvalue weighted by Gasteiger charge is -2.32. The van der Waals surface area contributed by atoms with Gasteiger partial charge in [0.05, 0.1) is 12.7 Å². The van der Waals surface area contributed by atoms with Crippen molar-refractivity contribution >= 4 is 24.5 Å². The number of methoxy groups -OCH3 is 1. The number of nitrogens with zero attached hydrogens (tertiary/aromatic N) is 1. The minimum absolute atomic E-state index is 0. The van der Waals surface area contributed by atoms with Crippen molar-refractivity contribution in [3.63, 3.8) is 0 Å². The molecule has 0 N–H and O–H groups in total. The van der Waals surface area contributed by atoms with E-state index in [0.717, 1.165) is 62.7 Å². The van der Waals surface area contributed by atoms with Crippen LogP contribution in [-0.2, 0) is 13.0 Å². The summed E-state index contributed by atoms with van der Waals surface area (Å²) < 4.78 is 5.29. The van der Waals surface area contributed by atoms with Gasteiger partial charge in [0.15, 0.2) is 12.1 Å². The van der Waals surface area contributed by atoms with Crippen molar-refractivity contribution in [3.05, 3.63) is 64.7 Å². The molecule has 0 spiro atoms. The van der Waals surface area contributed by atoms with Crippen molar-refractivity contribution in [2.75, 3.05) is 20.2 Å². The van der Waals surface area contributed by atoms with E-state index in [9.17, 15) is 9.59 Å². The Labute approximate surface area is 178 Å². The van der Waals surface area contributed by atoms with Crippen molar-refractivity contribution in [1.82, 2.24) is 4.90 Å². The van der Waals surface area contributed by atoms with Crippen LogP contribution in [0, 0.1) is 11.8 Å². The van der Waals surface area contributed by atoms with E-state index in [1.807, 2.05) is 6.07 Å². The maximum Gasteiger partial charge on any atom is 0.166 e. The van der Waals surface area contributed by atoms with Gasteiger partial charge in [0.1, 0.15) is 5.75 Å². The summed E-state index contributed by atoms with van der Waals surface area (Å²) in [5.74, 6) is 1.42. The molecule has 1 aliphatic carbocycles. The number of fused-ring (bicyclic) bond motifs is 1. The minimum Gasteiger partial charge on any atom is -0.496 e. The number of carbonyl (C=O) groups excluding carboxylic acids is 2. The average molecular weight is 414 g/mol. The predicted molar refractivity (Wildman–Crippen MR) is 116 cm³/mol. The molecule has 0 amide bonds. The fraction of sp³-hybridized carbons (Fsp3) is 0.417. The van der Waals surface area contributed by atoms with Crippen LogP contribution in [-0.4, -0.2) is 37.2 Å². The predicted octanol–water partition coefficient (Wildman–Crippen LogP) is 4.59. The molecule has 0 radical (unpaired) electrons. The molecule has 5 heteroatoms. The number of aldehydes is 1. The Hall–Kier alpha value is -2.17. The summed E-state index contributed by atoms with van der Waals surface area (Å²) in [6.45, 7) is 3.20. The van der Waals surface area contributed by atoms with Crippen LogP contribution in [0.4, 0.5) is 0 Å². The van der Waals surface area contributed by atoms with E-state index in [0.29, 0.717) is 17.2 Å². The lowest BCUT2D eigenvalue weighted by molar-refractivity contribution is 0.0895. The summed E-state index contributed by atoms with van der Waals surface area (Å²) in [7, 11) is 1.56. The van der Waals surface area contributed by atoms with Gasteiger partial charge < -0.3 is 4.74 Å². The first-order valence-electron chi connectivity index (χ1n) is 10.1. The Morgan fingerprint density at radius 3 is 2.52 bits per heavy atom. The van der Waals surface area contributed by atoms with Crippen molar-refractivity contribution < 1.29 is 14.3 Å². The number of ketones is 1. The number of likely N-dealkylation sites (tertiary alicyclic amines) is 1. The topological polar surface area (TPSA) is 46.6 Å². The quantitative estimate of drug-likeness (QED) is 0.650. The first kappa shape index (κ1) is 21.5. The van der Waals surface area contributed by atoms with E-state index in [1.54, 1.807) is 13.2 Å². The van der Waals surface area contributed by atoms with Gasteiger partial charge in [0.2, 0.25) is 0 Å². The van der Waals surface area contributed by atoms with Gasteiger partial charge in [0.25, 0.3) is 0 Å². The van der Waals surface area contributed by atoms with Crippen LogP contribution < -0.4 is 4.74 Å². The maximum absolute atomic E-state index is 12.9. The van der Waals surface area contributed by atoms with Crippen LogP contribution in [0.15, 0.2) is 42.5 Å². The molecule has 4 nitrogen and oxygen atoms in total. The third kappa shape index (κ3) is 4.71. The molecule has 2 aromatic rings. The Morgan fingerprint density at radius 2 is 1.86 bits per heavy atom. The molecule has 1 unspecified atom stereocenters. The summed E-state index contributed by atoms with van der Waals surface area (Å²) in [4.78, 5) is 26.6. The summed E-state index contributed by atoms with van der Waals surface area (Å²) >= 11 is 0. The van der Waals surface area contributed by atoms with Crippen LogP contribution in [0.2, 0.25) is 0 Å². The standard InChI is InChI=1S/C24H27NO3.ClH/c1-28-23-14-19-12-20(24(27)22(19)13-21(23)16-26)11-17-7-9-25(10-8-17)15-18-5-3-2-4-6-18;/h2-6,13-14,16-17,20H,7-12,15H2,1H3;1H. The van der Waals surface area contributed by atoms with Crippen LogP contribution in [0.1, 0.15) is 51.1 Å². The molecule has 1 heterocycles. The number of Topliss-reactive ketones (excluding diaryl/α,β-unsaturated/α-hetero) is 1. The molecular formula is C24H28ClNO3. The lowest BCUT2D eigenvalue weighted by atomic mass is 9.85. The van der Waals surface area contributed by atoms with E-state index in [4.69, 9.17) is 4.74 Å². The van der Waals surface area contributed by atoms with Gasteiger partial charge in [-0.15, -0.1) is 12.4 Å². The smallest absolute Gasteiger partial charge is 0.166 e. The molecule has 154 valence electrons. The molecule has 1 fully saturated rings. The van der Waals surface area contributed by atoms with Crippen molar-refractivity contribution in [1.29, 1.82) is 0 Å². The highest BCUT2D eigenvalue weighted by Gasteiger charge is 2.34. The summed E-state index contributed by atoms with van der Waals surface area (Å²) in [6.07, 6.45) is 4.78. The molecule has 29 heavy (non-hydrogen) atoms. The fourth-order valence-electron chi connectivity index (χ4n) is 4.70. The minimum atomic E-state index is 0. The number of hydrogen-bond donors (Lipinski definition) is 0. The van der Waals surface area contributed by atoms with Gasteiger partial charge in [-0.2, -0.15) is 0 Å². The van der Waals surface area contributed by atoms with Crippen LogP contribution >= 0.6 is 12.4 Å². The van der Waals surface area contributed by atoms with Crippen LogP contribution in [0.25, 0.3) is 0 Å². The maximum atomic E-state index is 12.9. The Kier molecular flexibility index (Phi) is 7.09. The number of halogens is 1. The van der Waals surface area contributed by atoms with E-state index in [2.05, 4.69) is 35.2 Å². The van der Waals surface area contributed by atoms with Crippen molar-refractivity contribution in [3.8, 4) is 5.75 Å². The zero-order chi connectivity index (χ0) is 19.5. The second kappa shape index (κ2) is 9.55. The molecule has 0 aromatic heterocycles. The molecular weight excluding hydrogens is 386 g/mol. The van der Waals surface area contributed by atoms with E-state index < -0.39 is 0 Å². The van der Waals surface area contributed by atoms with E-state index in [1.165, 1.54) is 5.56 Å². The first-order chi connectivity index (χ1) is 13.7. The number of piperidine rings is 1. The molecule has 2 aromatic carbocycles. The average Bonchev–Trinajstić information content (AvgIpc) is 3.03. The summed E-state index contributed by atoms with van der Waals surface area (Å²) in [6, 6.07) is 14.2. The number of benzene rings is 2. The largest absolute Gasteiger partial charge is 0.496 e. The van der Waals surface area contributed by atoms with Gasteiger partial charge in [0, 0.05) is 18.0 Å². The third-order valence-electron chi connectivity index (χ3n) is 6.26. The normalized spacial score (nSPS) is 19.5. The number of carbonyl (C=O) groups is 2. The van der Waals surface area contributed by atoms with Crippen LogP contribution in [0.3, 0.4) is 0 Å². The van der Waals surface area contributed by atoms with Gasteiger partial charge in [-0.05, 0) is 68.0 Å². The molecule has 0 bridgehead atoms. The monoisotopic (exact) mass is 413 g/mol. The van der Waals surface area contributed by atoms with Crippen LogP contribution in [0.5, 0.6) is 5.75 Å². The molecule has 4 rings (SSSR count). The highest BCUT2D eigenvalue weighted by atomic mass is 35.5. The highest BCUT2D eigenvalue weighted by molar-refractivity contribution is 6.03. The summed E-state index contributed by atoms with van der Waals surface area (Å²) in [5.41, 5.74) is 3.57. The fourth-order valence-corrected chi connectivity index (χ4v) is 4.70. The van der Waals surface area contributed by atoms with Crippen molar-refractivity contribution in [2.24, 2.45) is 11.8 Å². The zero-order valence-electron chi connectivity index (χ0n) is 16.8. The number of ether oxygens (including phenoxy) is 1. The third-order valence-corrected chi connectivity index (χ3v) is 6.26. The van der Waals surface area contributed by atoms with Gasteiger partial charge in [-0.25, -0.2) is 0 Å². The molecule has 1 saturated heterocycles. The SMILES string of the molecule is COc1cc2c(cc1C=O)C(=O)C(CC1CCN(Cc3ccccc3)CC1)C2.Cl. The first-order valence-corrected chi connectivity index (χ1v) is 10.1. The van der Waals surface area contributed by atoms with E-state index >= 15 is 0 Å². The Bertz CT molecular complexity index is 860. The lowest BCUT2D eigenvalue weighted by Crippen LogP contribution is -2.34. The Balaban J connectivity index is 0.00000240. The second-order valence-corrected chi connectivity index (χ2v) is 8.08. The van der Waals surface area contributed by atoms with Gasteiger partial charge >= 0.3 is 0 Å².